The molecule has 0 aromatic carbocycles. The molecule has 25 heavy (non-hydrogen) atoms. The maximum atomic E-state index is 6.48. The smallest absolute Gasteiger partial charge is 0.238 e. The number of nitrogens with zero attached hydrogens (tertiary/aromatic N) is 2. The number of halogens is 2. The molecule has 4 rings (SSSR count). The van der Waals surface area contributed by atoms with Crippen molar-refractivity contribution < 1.29 is 4.58 Å². The zero-order chi connectivity index (χ0) is 17.6. The second-order valence-corrected chi connectivity index (χ2v) is 11.4. The van der Waals surface area contributed by atoms with E-state index in [-0.39, 0.29) is 0 Å². The summed E-state index contributed by atoms with van der Waals surface area (Å²) in [6.45, 7) is 6.75. The van der Waals surface area contributed by atoms with Crippen LogP contribution in [0.25, 0.3) is 0 Å². The third kappa shape index (κ3) is 3.62. The van der Waals surface area contributed by atoms with E-state index in [1.807, 2.05) is 0 Å². The van der Waals surface area contributed by atoms with Crippen molar-refractivity contribution in [3.05, 3.63) is 11.1 Å². The zero-order valence-electron chi connectivity index (χ0n) is 15.2. The van der Waals surface area contributed by atoms with Gasteiger partial charge in [-0.1, -0.05) is 0 Å². The van der Waals surface area contributed by atoms with E-state index in [9.17, 15) is 0 Å². The van der Waals surface area contributed by atoms with Crippen molar-refractivity contribution in [2.75, 3.05) is 13.1 Å². The van der Waals surface area contributed by atoms with Crippen molar-refractivity contribution in [3.8, 4) is 0 Å². The van der Waals surface area contributed by atoms with Crippen LogP contribution in [0.2, 0.25) is 0 Å². The Bertz CT molecular complexity index is 580. The number of alkyl halides is 2. The third-order valence-electron chi connectivity index (χ3n) is 6.22. The number of fused-ring (bicyclic) bond motifs is 2. The highest BCUT2D eigenvalue weighted by Crippen LogP contribution is 2.47. The van der Waals surface area contributed by atoms with Gasteiger partial charge in [0.15, 0.2) is 6.04 Å². The maximum Gasteiger partial charge on any atom is 0.238 e. The number of hydrogen-bond acceptors (Lipinski definition) is 3. The van der Waals surface area contributed by atoms with Crippen molar-refractivity contribution in [2.45, 2.75) is 85.7 Å². The van der Waals surface area contributed by atoms with E-state index in [1.54, 1.807) is 0 Å². The Labute approximate surface area is 170 Å². The van der Waals surface area contributed by atoms with Gasteiger partial charge in [0.1, 0.15) is 6.54 Å². The minimum atomic E-state index is 0.361. The van der Waals surface area contributed by atoms with Gasteiger partial charge in [0.2, 0.25) is 5.04 Å². The lowest BCUT2D eigenvalue weighted by Crippen LogP contribution is -2.39. The summed E-state index contributed by atoms with van der Waals surface area (Å²) in [4.78, 5) is 2.62. The second kappa shape index (κ2) is 7.85. The molecule has 0 radical (unpaired) electrons. The minimum absolute atomic E-state index is 0.361. The molecule has 6 heteroatoms. The fraction of sp³-hybridized carbons (Fsp3) is 0.842. The quantitative estimate of drug-likeness (QED) is 0.462. The predicted octanol–water partition coefficient (Wildman–Crippen LogP) is 5.13. The zero-order valence-corrected chi connectivity index (χ0v) is 18.3. The Hall–Kier alpha value is 0.490. The fourth-order valence-corrected chi connectivity index (χ4v) is 8.77. The molecule has 1 saturated heterocycles. The summed E-state index contributed by atoms with van der Waals surface area (Å²) in [5, 5.41) is 5.14. The lowest BCUT2D eigenvalue weighted by molar-refractivity contribution is -0.558. The molecule has 0 bridgehead atoms. The predicted molar refractivity (Wildman–Crippen MR) is 114 cm³/mol. The van der Waals surface area contributed by atoms with Crippen LogP contribution in [-0.4, -0.2) is 60.9 Å². The molecule has 0 spiro atoms. The highest BCUT2D eigenvalue weighted by atomic mass is 35.5. The highest BCUT2D eigenvalue weighted by molar-refractivity contribution is 8.15. The van der Waals surface area contributed by atoms with Crippen LogP contribution in [0.4, 0.5) is 0 Å². The topological polar surface area (TPSA) is 6.25 Å². The van der Waals surface area contributed by atoms with E-state index in [2.05, 4.69) is 52.9 Å². The van der Waals surface area contributed by atoms with Crippen molar-refractivity contribution in [1.82, 2.24) is 4.90 Å². The maximum absolute atomic E-state index is 6.48. The first-order valence-electron chi connectivity index (χ1n) is 9.84. The average molecular weight is 420 g/mol. The highest BCUT2D eigenvalue weighted by Gasteiger charge is 2.46. The number of hydrogen-bond donors (Lipinski definition) is 0. The van der Waals surface area contributed by atoms with Crippen molar-refractivity contribution in [1.29, 1.82) is 0 Å². The normalized spacial score (nSPS) is 42.9. The Morgan fingerprint density at radius 3 is 2.48 bits per heavy atom. The van der Waals surface area contributed by atoms with Gasteiger partial charge in [0.05, 0.1) is 10.3 Å². The van der Waals surface area contributed by atoms with E-state index in [4.69, 9.17) is 23.2 Å². The molecule has 140 valence electrons. The van der Waals surface area contributed by atoms with Gasteiger partial charge in [-0.25, -0.2) is 4.58 Å². The Balaban J connectivity index is 1.59. The molecule has 0 N–H and O–H groups in total. The summed E-state index contributed by atoms with van der Waals surface area (Å²) in [6.07, 6.45) is 9.65. The van der Waals surface area contributed by atoms with Gasteiger partial charge in [-0.3, -0.25) is 0 Å². The average Bonchev–Trinajstić information content (AvgIpc) is 3.11. The van der Waals surface area contributed by atoms with Crippen molar-refractivity contribution >= 4 is 51.8 Å². The number of rotatable bonds is 3. The summed E-state index contributed by atoms with van der Waals surface area (Å²) in [5.41, 5.74) is 0. The van der Waals surface area contributed by atoms with E-state index in [1.165, 1.54) is 35.8 Å². The fourth-order valence-electron chi connectivity index (χ4n) is 4.96. The molecule has 6 atom stereocenters. The minimum Gasteiger partial charge on any atom is -0.362 e. The lowest BCUT2D eigenvalue weighted by Gasteiger charge is -2.33. The first kappa shape index (κ1) is 18.8. The Morgan fingerprint density at radius 2 is 1.76 bits per heavy atom. The first-order chi connectivity index (χ1) is 12.1. The molecule has 0 aromatic rings. The van der Waals surface area contributed by atoms with Gasteiger partial charge in [-0.15, -0.1) is 35.0 Å². The Kier molecular flexibility index (Phi) is 5.91. The third-order valence-corrected chi connectivity index (χ3v) is 9.91. The molecule has 2 nitrogen and oxygen atoms in total. The van der Waals surface area contributed by atoms with Crippen molar-refractivity contribution in [2.24, 2.45) is 0 Å². The SMILES string of the molecule is CCN1C(=CC2=[N+](CC)C3CC(Cl)CCC3S2)SC2CCC(Cl)CC21. The van der Waals surface area contributed by atoms with Crippen LogP contribution in [-0.2, 0) is 0 Å². The molecule has 2 heterocycles. The van der Waals surface area contributed by atoms with Crippen LogP contribution in [0, 0.1) is 0 Å². The van der Waals surface area contributed by atoms with Crippen LogP contribution in [0.5, 0.6) is 0 Å². The second-order valence-electron chi connectivity index (χ2n) is 7.66. The van der Waals surface area contributed by atoms with Gasteiger partial charge in [-0.2, -0.15) is 0 Å². The standard InChI is InChI=1S/C19H29Cl2N2S2/c1-3-22-14-9-12(20)5-7-16(14)24-18(22)11-19-23(4-2)15-10-13(21)6-8-17(15)25-19/h11-17H,3-10H2,1-2H3/q+1. The van der Waals surface area contributed by atoms with Gasteiger partial charge >= 0.3 is 0 Å². The first-order valence-corrected chi connectivity index (χ1v) is 12.5. The summed E-state index contributed by atoms with van der Waals surface area (Å²) in [6, 6.07) is 1.27. The van der Waals surface area contributed by atoms with Crippen LogP contribution in [0.3, 0.4) is 0 Å². The van der Waals surface area contributed by atoms with E-state index in [0.29, 0.717) is 22.8 Å². The van der Waals surface area contributed by atoms with E-state index < -0.39 is 0 Å². The van der Waals surface area contributed by atoms with Gasteiger partial charge in [-0.05, 0) is 57.7 Å². The molecular weight excluding hydrogens is 391 g/mol. The molecule has 6 unspecified atom stereocenters. The van der Waals surface area contributed by atoms with E-state index >= 15 is 0 Å². The summed E-state index contributed by atoms with van der Waals surface area (Å²) >= 11 is 17.2. The molecule has 2 aliphatic carbocycles. The van der Waals surface area contributed by atoms with Crippen molar-refractivity contribution in [3.63, 3.8) is 0 Å². The van der Waals surface area contributed by atoms with Crippen LogP contribution in [0.15, 0.2) is 11.1 Å². The van der Waals surface area contributed by atoms with Gasteiger partial charge in [0.25, 0.3) is 0 Å². The summed E-state index contributed by atoms with van der Waals surface area (Å²) in [7, 11) is 0. The molecule has 4 aliphatic rings. The molecule has 0 amide bonds. The van der Waals surface area contributed by atoms with Crippen LogP contribution in [0.1, 0.15) is 52.4 Å². The Morgan fingerprint density at radius 1 is 1.04 bits per heavy atom. The number of thioether (sulfide) groups is 2. The van der Waals surface area contributed by atoms with E-state index in [0.717, 1.165) is 36.4 Å². The van der Waals surface area contributed by atoms with Gasteiger partial charge in [0, 0.05) is 41.1 Å². The van der Waals surface area contributed by atoms with Gasteiger partial charge < -0.3 is 4.90 Å². The van der Waals surface area contributed by atoms with Crippen LogP contribution < -0.4 is 0 Å². The molecule has 2 saturated carbocycles. The molecule has 2 aliphatic heterocycles. The lowest BCUT2D eigenvalue weighted by atomic mass is 9.93. The monoisotopic (exact) mass is 419 g/mol. The summed E-state index contributed by atoms with van der Waals surface area (Å²) < 4.78 is 2.62. The van der Waals surface area contributed by atoms with Crippen LogP contribution >= 0.6 is 46.7 Å². The molecule has 3 fully saturated rings. The molecular formula is C19H29Cl2N2S2+. The summed E-state index contributed by atoms with van der Waals surface area (Å²) in [5.74, 6) is 0. The largest absolute Gasteiger partial charge is 0.362 e. The molecule has 0 aromatic heterocycles.